The van der Waals surface area contributed by atoms with Crippen LogP contribution in [0.15, 0.2) is 43.0 Å². The maximum absolute atomic E-state index is 12.9. The minimum Gasteiger partial charge on any atom is -0.496 e. The molecule has 2 atom stereocenters. The first-order chi connectivity index (χ1) is 16.6. The molecule has 9 heteroatoms. The monoisotopic (exact) mass is 475 g/mol. The van der Waals surface area contributed by atoms with Gasteiger partial charge in [-0.25, -0.2) is 4.98 Å². The molecule has 8 nitrogen and oxygen atoms in total. The number of methoxy groups -OCH3 is 1. The second kappa shape index (κ2) is 9.31. The third kappa shape index (κ3) is 4.17. The molecule has 0 aliphatic carbocycles. The molecule has 2 unspecified atom stereocenters. The Kier molecular flexibility index (Phi) is 6.07. The van der Waals surface area contributed by atoms with Crippen LogP contribution in [-0.4, -0.2) is 39.4 Å². The summed E-state index contributed by atoms with van der Waals surface area (Å²) < 4.78 is 7.36. The van der Waals surface area contributed by atoms with Gasteiger partial charge < -0.3 is 19.5 Å². The van der Waals surface area contributed by atoms with Crippen molar-refractivity contribution in [2.75, 3.05) is 12.4 Å². The van der Waals surface area contributed by atoms with Crippen molar-refractivity contribution < 1.29 is 14.3 Å². The lowest BCUT2D eigenvalue weighted by Gasteiger charge is -2.42. The van der Waals surface area contributed by atoms with Gasteiger partial charge in [0.05, 0.1) is 25.5 Å². The molecule has 2 aliphatic rings. The Bertz CT molecular complexity index is 1260. The van der Waals surface area contributed by atoms with Gasteiger partial charge in [-0.1, -0.05) is 18.2 Å². The molecule has 0 radical (unpaired) electrons. The van der Waals surface area contributed by atoms with Crippen LogP contribution in [0.4, 0.5) is 5.00 Å². The number of thiophene rings is 1. The predicted molar refractivity (Wildman–Crippen MR) is 128 cm³/mol. The molecule has 1 aromatic carbocycles. The van der Waals surface area contributed by atoms with Crippen LogP contribution in [0.3, 0.4) is 0 Å². The van der Waals surface area contributed by atoms with Crippen molar-refractivity contribution in [3.05, 3.63) is 64.6 Å². The van der Waals surface area contributed by atoms with E-state index in [0.717, 1.165) is 28.2 Å². The number of amides is 2. The zero-order chi connectivity index (χ0) is 23.7. The highest BCUT2D eigenvalue weighted by Crippen LogP contribution is 2.42. The van der Waals surface area contributed by atoms with E-state index in [9.17, 15) is 14.9 Å². The third-order valence-corrected chi connectivity index (χ3v) is 7.82. The van der Waals surface area contributed by atoms with E-state index in [1.165, 1.54) is 11.3 Å². The van der Waals surface area contributed by atoms with E-state index in [2.05, 4.69) is 16.4 Å². The number of aromatic nitrogens is 2. The Morgan fingerprint density at radius 1 is 1.32 bits per heavy atom. The lowest BCUT2D eigenvalue weighted by molar-refractivity contribution is -0.139. The molecule has 1 saturated heterocycles. The van der Waals surface area contributed by atoms with Crippen molar-refractivity contribution in [2.24, 2.45) is 0 Å². The fraction of sp³-hybridized carbons (Fsp3) is 0.360. The Hall–Kier alpha value is -3.64. The summed E-state index contributed by atoms with van der Waals surface area (Å²) in [7, 11) is 1.62. The van der Waals surface area contributed by atoms with Crippen LogP contribution in [-0.2, 0) is 29.0 Å². The van der Waals surface area contributed by atoms with E-state index in [-0.39, 0.29) is 30.3 Å². The maximum atomic E-state index is 12.9. The van der Waals surface area contributed by atoms with Crippen LogP contribution < -0.4 is 10.1 Å². The number of carbonyl (C=O) groups is 2. The highest BCUT2D eigenvalue weighted by Gasteiger charge is 2.39. The van der Waals surface area contributed by atoms with Gasteiger partial charge in [0.15, 0.2) is 0 Å². The maximum Gasteiger partial charge on any atom is 0.225 e. The Balaban J connectivity index is 1.30. The van der Waals surface area contributed by atoms with E-state index < -0.39 is 0 Å². The summed E-state index contributed by atoms with van der Waals surface area (Å²) in [6.07, 6.45) is 8.11. The second-order valence-corrected chi connectivity index (χ2v) is 9.77. The van der Waals surface area contributed by atoms with Crippen LogP contribution in [0.25, 0.3) is 0 Å². The molecule has 5 rings (SSSR count). The Labute approximate surface area is 201 Å². The number of anilines is 1. The first-order valence-corrected chi connectivity index (χ1v) is 12.1. The summed E-state index contributed by atoms with van der Waals surface area (Å²) in [6, 6.07) is 10.1. The number of carbonyl (C=O) groups excluding carboxylic acids is 2. The zero-order valence-corrected chi connectivity index (χ0v) is 19.7. The Morgan fingerprint density at radius 3 is 2.94 bits per heavy atom. The predicted octanol–water partition coefficient (Wildman–Crippen LogP) is 3.68. The molecule has 34 heavy (non-hydrogen) atoms. The summed E-state index contributed by atoms with van der Waals surface area (Å²) >= 11 is 1.41. The van der Waals surface area contributed by atoms with Crippen molar-refractivity contribution >= 4 is 28.2 Å². The summed E-state index contributed by atoms with van der Waals surface area (Å²) in [5.41, 5.74) is 2.46. The zero-order valence-electron chi connectivity index (χ0n) is 18.9. The molecule has 2 aromatic heterocycles. The molecule has 0 bridgehead atoms. The average Bonchev–Trinajstić information content (AvgIpc) is 3.49. The van der Waals surface area contributed by atoms with Gasteiger partial charge in [0, 0.05) is 42.2 Å². The average molecular weight is 476 g/mol. The molecule has 1 fully saturated rings. The van der Waals surface area contributed by atoms with Crippen LogP contribution in [0.5, 0.6) is 5.75 Å². The molecule has 2 aliphatic heterocycles. The first-order valence-electron chi connectivity index (χ1n) is 11.3. The second-order valence-electron chi connectivity index (χ2n) is 8.66. The van der Waals surface area contributed by atoms with Crippen molar-refractivity contribution in [1.29, 1.82) is 5.26 Å². The van der Waals surface area contributed by atoms with Gasteiger partial charge in [0.2, 0.25) is 11.8 Å². The molecule has 3 aromatic rings. The number of aryl methyl sites for hydroxylation is 1. The molecule has 1 N–H and O–H groups in total. The van der Waals surface area contributed by atoms with Gasteiger partial charge in [0.1, 0.15) is 16.8 Å². The van der Waals surface area contributed by atoms with Crippen molar-refractivity contribution in [2.45, 2.75) is 50.7 Å². The molecule has 0 saturated carbocycles. The van der Waals surface area contributed by atoms with E-state index in [1.54, 1.807) is 19.6 Å². The molecule has 2 amide bonds. The van der Waals surface area contributed by atoms with Gasteiger partial charge in [-0.15, -0.1) is 11.3 Å². The molecule has 174 valence electrons. The van der Waals surface area contributed by atoms with Crippen molar-refractivity contribution in [3.8, 4) is 11.8 Å². The Morgan fingerprint density at radius 2 is 2.18 bits per heavy atom. The van der Waals surface area contributed by atoms with E-state index in [0.29, 0.717) is 36.4 Å². The number of nitrogens with zero attached hydrogens (tertiary/aromatic N) is 4. The molecular formula is C25H25N5O3S. The summed E-state index contributed by atoms with van der Waals surface area (Å²) in [4.78, 5) is 32.7. The number of ether oxygens (including phenoxy) is 1. The largest absolute Gasteiger partial charge is 0.496 e. The molecular weight excluding hydrogens is 450 g/mol. The van der Waals surface area contributed by atoms with Gasteiger partial charge >= 0.3 is 0 Å². The summed E-state index contributed by atoms with van der Waals surface area (Å²) in [5, 5.41) is 13.4. The van der Waals surface area contributed by atoms with E-state index in [4.69, 9.17) is 4.74 Å². The highest BCUT2D eigenvalue weighted by atomic mass is 32.1. The van der Waals surface area contributed by atoms with E-state index >= 15 is 0 Å². The van der Waals surface area contributed by atoms with Gasteiger partial charge in [0.25, 0.3) is 0 Å². The number of hydrogen-bond donors (Lipinski definition) is 1. The fourth-order valence-electron chi connectivity index (χ4n) is 4.97. The van der Waals surface area contributed by atoms with Crippen LogP contribution in [0.1, 0.15) is 46.9 Å². The minimum absolute atomic E-state index is 0.0388. The standard InChI is InChI=1S/C25H25N5O3S/c1-33-21-5-3-2-4-16(21)6-7-23(31)28-25-20(13-26)19-11-18-10-17(29-9-8-27-15-29)12-24(32)30(18)14-22(19)34-25/h2-5,8-9,15,17-18H,6-7,10-12,14H2,1H3,(H,28,31). The lowest BCUT2D eigenvalue weighted by atomic mass is 9.87. The minimum atomic E-state index is -0.144. The lowest BCUT2D eigenvalue weighted by Crippen LogP contribution is -2.49. The fourth-order valence-corrected chi connectivity index (χ4v) is 6.16. The number of piperidine rings is 1. The molecule has 0 spiro atoms. The topological polar surface area (TPSA) is 100 Å². The van der Waals surface area contributed by atoms with Crippen LogP contribution in [0, 0.1) is 11.3 Å². The number of nitrogens with one attached hydrogen (secondary N) is 1. The van der Waals surface area contributed by atoms with Gasteiger partial charge in [-0.2, -0.15) is 5.26 Å². The van der Waals surface area contributed by atoms with Crippen molar-refractivity contribution in [1.82, 2.24) is 14.5 Å². The highest BCUT2D eigenvalue weighted by molar-refractivity contribution is 7.16. The third-order valence-electron chi connectivity index (χ3n) is 6.69. The SMILES string of the molecule is COc1ccccc1CCC(=O)Nc1sc2c(c1C#N)CC1CC(n3ccnc3)CC(=O)N1C2. The van der Waals surface area contributed by atoms with E-state index in [1.807, 2.05) is 39.9 Å². The summed E-state index contributed by atoms with van der Waals surface area (Å²) in [6.45, 7) is 0.492. The normalized spacial score (nSPS) is 19.2. The number of hydrogen-bond acceptors (Lipinski definition) is 6. The number of nitriles is 1. The quantitative estimate of drug-likeness (QED) is 0.586. The smallest absolute Gasteiger partial charge is 0.225 e. The number of imidazole rings is 1. The van der Waals surface area contributed by atoms with Crippen LogP contribution in [0.2, 0.25) is 0 Å². The number of rotatable bonds is 6. The van der Waals surface area contributed by atoms with Gasteiger partial charge in [-0.05, 0) is 36.5 Å². The number of benzene rings is 1. The van der Waals surface area contributed by atoms with Crippen molar-refractivity contribution in [3.63, 3.8) is 0 Å². The molecule has 4 heterocycles. The first kappa shape index (κ1) is 22.2. The van der Waals surface area contributed by atoms with Crippen LogP contribution >= 0.6 is 11.3 Å². The summed E-state index contributed by atoms with van der Waals surface area (Å²) in [5.74, 6) is 0.736. The van der Waals surface area contributed by atoms with Gasteiger partial charge in [-0.3, -0.25) is 9.59 Å². The number of fused-ring (bicyclic) bond motifs is 2. The number of para-hydroxylation sites is 1.